The molecule has 1 aliphatic heterocycles. The predicted molar refractivity (Wildman–Crippen MR) is 64.1 cm³/mol. The first-order valence-electron chi connectivity index (χ1n) is 6.33. The Morgan fingerprint density at radius 3 is 2.82 bits per heavy atom. The van der Waals surface area contributed by atoms with Gasteiger partial charge in [0.15, 0.2) is 0 Å². The van der Waals surface area contributed by atoms with Crippen LogP contribution in [-0.2, 0) is 9.59 Å². The molecule has 0 spiro atoms. The SMILES string of the molecule is CC1CC(CN)(C(=O)N2CCNC(=O)CC2)C1. The molecule has 2 fully saturated rings. The van der Waals surface area contributed by atoms with Gasteiger partial charge in [-0.1, -0.05) is 6.92 Å². The standard InChI is InChI=1S/C12H21N3O2/c1-9-6-12(7-9,8-13)11(17)15-4-2-10(16)14-3-5-15/h9H,2-8,13H2,1H3,(H,14,16). The molecule has 2 aliphatic rings. The third-order valence-electron chi connectivity index (χ3n) is 3.92. The van der Waals surface area contributed by atoms with E-state index in [0.717, 1.165) is 12.8 Å². The summed E-state index contributed by atoms with van der Waals surface area (Å²) in [6.07, 6.45) is 2.18. The average molecular weight is 239 g/mol. The highest BCUT2D eigenvalue weighted by Gasteiger charge is 2.48. The number of nitrogens with zero attached hydrogens (tertiary/aromatic N) is 1. The first kappa shape index (κ1) is 12.4. The first-order valence-corrected chi connectivity index (χ1v) is 6.33. The van der Waals surface area contributed by atoms with Crippen molar-refractivity contribution in [2.24, 2.45) is 17.1 Å². The molecule has 2 rings (SSSR count). The fraction of sp³-hybridized carbons (Fsp3) is 0.833. The summed E-state index contributed by atoms with van der Waals surface area (Å²) < 4.78 is 0. The van der Waals surface area contributed by atoms with E-state index in [2.05, 4.69) is 12.2 Å². The molecule has 0 radical (unpaired) electrons. The van der Waals surface area contributed by atoms with Gasteiger partial charge in [-0.05, 0) is 18.8 Å². The Morgan fingerprint density at radius 1 is 1.53 bits per heavy atom. The number of nitrogens with two attached hydrogens (primary N) is 1. The molecule has 1 heterocycles. The molecule has 1 aliphatic carbocycles. The van der Waals surface area contributed by atoms with Crippen LogP contribution in [0.4, 0.5) is 0 Å². The van der Waals surface area contributed by atoms with Crippen LogP contribution in [0.25, 0.3) is 0 Å². The van der Waals surface area contributed by atoms with E-state index in [1.807, 2.05) is 0 Å². The quantitative estimate of drug-likeness (QED) is 0.695. The molecule has 0 atom stereocenters. The minimum Gasteiger partial charge on any atom is -0.354 e. The number of hydrogen-bond donors (Lipinski definition) is 2. The molecule has 1 saturated carbocycles. The molecule has 0 bridgehead atoms. The highest BCUT2D eigenvalue weighted by molar-refractivity contribution is 5.85. The minimum absolute atomic E-state index is 0.0316. The van der Waals surface area contributed by atoms with Crippen molar-refractivity contribution >= 4 is 11.8 Å². The Bertz CT molecular complexity index is 324. The number of rotatable bonds is 2. The van der Waals surface area contributed by atoms with Crippen LogP contribution in [0.5, 0.6) is 0 Å². The number of amides is 2. The molecule has 5 nitrogen and oxygen atoms in total. The molecule has 0 aromatic rings. The molecule has 17 heavy (non-hydrogen) atoms. The summed E-state index contributed by atoms with van der Waals surface area (Å²) in [4.78, 5) is 25.5. The van der Waals surface area contributed by atoms with Gasteiger partial charge in [-0.3, -0.25) is 9.59 Å². The van der Waals surface area contributed by atoms with Crippen molar-refractivity contribution in [1.29, 1.82) is 0 Å². The molecular weight excluding hydrogens is 218 g/mol. The lowest BCUT2D eigenvalue weighted by Crippen LogP contribution is -2.55. The molecule has 3 N–H and O–H groups in total. The van der Waals surface area contributed by atoms with Gasteiger partial charge in [0.25, 0.3) is 0 Å². The van der Waals surface area contributed by atoms with Crippen LogP contribution in [0.2, 0.25) is 0 Å². The maximum Gasteiger partial charge on any atom is 0.230 e. The predicted octanol–water partition coefficient (Wildman–Crippen LogP) is -0.290. The summed E-state index contributed by atoms with van der Waals surface area (Å²) in [5, 5.41) is 2.78. The van der Waals surface area contributed by atoms with E-state index in [9.17, 15) is 9.59 Å². The van der Waals surface area contributed by atoms with Gasteiger partial charge in [-0.2, -0.15) is 0 Å². The lowest BCUT2D eigenvalue weighted by molar-refractivity contribution is -0.149. The van der Waals surface area contributed by atoms with Crippen LogP contribution in [0.15, 0.2) is 0 Å². The molecular formula is C12H21N3O2. The van der Waals surface area contributed by atoms with Crippen LogP contribution in [0.1, 0.15) is 26.2 Å². The number of carbonyl (C=O) groups excluding carboxylic acids is 2. The van der Waals surface area contributed by atoms with Crippen molar-refractivity contribution in [2.75, 3.05) is 26.2 Å². The zero-order valence-electron chi connectivity index (χ0n) is 10.4. The summed E-state index contributed by atoms with van der Waals surface area (Å²) in [5.74, 6) is 0.771. The number of hydrogen-bond acceptors (Lipinski definition) is 3. The Morgan fingerprint density at radius 2 is 2.24 bits per heavy atom. The van der Waals surface area contributed by atoms with Gasteiger partial charge in [0.2, 0.25) is 11.8 Å². The molecule has 0 aromatic carbocycles. The van der Waals surface area contributed by atoms with Gasteiger partial charge in [-0.15, -0.1) is 0 Å². The molecule has 2 amide bonds. The summed E-state index contributed by atoms with van der Waals surface area (Å²) in [7, 11) is 0. The Balaban J connectivity index is 2.01. The largest absolute Gasteiger partial charge is 0.354 e. The second kappa shape index (κ2) is 4.64. The Hall–Kier alpha value is -1.10. The molecule has 0 aromatic heterocycles. The second-order valence-corrected chi connectivity index (χ2v) is 5.39. The van der Waals surface area contributed by atoms with E-state index in [1.54, 1.807) is 4.90 Å². The summed E-state index contributed by atoms with van der Waals surface area (Å²) in [6.45, 7) is 4.27. The van der Waals surface area contributed by atoms with Crippen molar-refractivity contribution in [2.45, 2.75) is 26.2 Å². The third kappa shape index (κ3) is 2.29. The van der Waals surface area contributed by atoms with Crippen molar-refractivity contribution in [1.82, 2.24) is 10.2 Å². The van der Waals surface area contributed by atoms with E-state index >= 15 is 0 Å². The van der Waals surface area contributed by atoms with E-state index in [1.165, 1.54) is 0 Å². The van der Waals surface area contributed by atoms with Crippen LogP contribution in [0.3, 0.4) is 0 Å². The molecule has 0 unspecified atom stereocenters. The average Bonchev–Trinajstić information content (AvgIpc) is 2.48. The maximum atomic E-state index is 12.4. The van der Waals surface area contributed by atoms with Crippen molar-refractivity contribution in [3.8, 4) is 0 Å². The molecule has 96 valence electrons. The fourth-order valence-electron chi connectivity index (χ4n) is 3.01. The van der Waals surface area contributed by atoms with E-state index in [-0.39, 0.29) is 17.2 Å². The van der Waals surface area contributed by atoms with Crippen molar-refractivity contribution < 1.29 is 9.59 Å². The number of carbonyl (C=O) groups is 2. The summed E-state index contributed by atoms with van der Waals surface area (Å²) in [6, 6.07) is 0. The highest BCUT2D eigenvalue weighted by atomic mass is 16.2. The monoisotopic (exact) mass is 239 g/mol. The van der Waals surface area contributed by atoms with E-state index < -0.39 is 0 Å². The number of nitrogens with one attached hydrogen (secondary N) is 1. The van der Waals surface area contributed by atoms with Crippen LogP contribution >= 0.6 is 0 Å². The van der Waals surface area contributed by atoms with Crippen LogP contribution in [-0.4, -0.2) is 42.9 Å². The zero-order chi connectivity index (χ0) is 12.5. The normalized spacial score (nSPS) is 33.6. The zero-order valence-corrected chi connectivity index (χ0v) is 10.4. The summed E-state index contributed by atoms with van der Waals surface area (Å²) >= 11 is 0. The van der Waals surface area contributed by atoms with Crippen molar-refractivity contribution in [3.63, 3.8) is 0 Å². The van der Waals surface area contributed by atoms with Gasteiger partial charge in [-0.25, -0.2) is 0 Å². The lowest BCUT2D eigenvalue weighted by atomic mass is 9.62. The van der Waals surface area contributed by atoms with Crippen LogP contribution in [0, 0.1) is 11.3 Å². The van der Waals surface area contributed by atoms with Gasteiger partial charge in [0.05, 0.1) is 5.41 Å². The maximum absolute atomic E-state index is 12.4. The van der Waals surface area contributed by atoms with Gasteiger partial charge in [0.1, 0.15) is 0 Å². The van der Waals surface area contributed by atoms with Crippen molar-refractivity contribution in [3.05, 3.63) is 0 Å². The van der Waals surface area contributed by atoms with Gasteiger partial charge >= 0.3 is 0 Å². The minimum atomic E-state index is -0.340. The molecule has 1 saturated heterocycles. The Labute approximate surface area is 102 Å². The fourth-order valence-corrected chi connectivity index (χ4v) is 3.01. The third-order valence-corrected chi connectivity index (χ3v) is 3.92. The topological polar surface area (TPSA) is 75.4 Å². The lowest BCUT2D eigenvalue weighted by Gasteiger charge is -2.46. The highest BCUT2D eigenvalue weighted by Crippen LogP contribution is 2.45. The molecule has 5 heteroatoms. The van der Waals surface area contributed by atoms with Gasteiger partial charge < -0.3 is 16.0 Å². The van der Waals surface area contributed by atoms with E-state index in [4.69, 9.17) is 5.73 Å². The first-order chi connectivity index (χ1) is 8.07. The second-order valence-electron chi connectivity index (χ2n) is 5.39. The smallest absolute Gasteiger partial charge is 0.230 e. The Kier molecular flexibility index (Phi) is 3.38. The summed E-state index contributed by atoms with van der Waals surface area (Å²) in [5.41, 5.74) is 5.43. The van der Waals surface area contributed by atoms with Gasteiger partial charge in [0, 0.05) is 32.6 Å². The van der Waals surface area contributed by atoms with E-state index in [0.29, 0.717) is 38.5 Å². The van der Waals surface area contributed by atoms with Crippen LogP contribution < -0.4 is 11.1 Å².